The minimum absolute atomic E-state index is 0.438. The van der Waals surface area contributed by atoms with E-state index in [0.717, 1.165) is 10.3 Å². The molecule has 1 aliphatic rings. The lowest BCUT2D eigenvalue weighted by Gasteiger charge is -2.21. The highest BCUT2D eigenvalue weighted by Gasteiger charge is 2.30. The SMILES string of the molecule is CCC(NC(C)c1ccc(Cl)s1)C1CC1. The molecule has 1 fully saturated rings. The van der Waals surface area contributed by atoms with Crippen molar-refractivity contribution in [2.45, 2.75) is 45.2 Å². The van der Waals surface area contributed by atoms with E-state index in [1.54, 1.807) is 11.3 Å². The molecule has 15 heavy (non-hydrogen) atoms. The molecule has 0 radical (unpaired) electrons. The van der Waals surface area contributed by atoms with Gasteiger partial charge in [-0.15, -0.1) is 11.3 Å². The van der Waals surface area contributed by atoms with Gasteiger partial charge in [-0.1, -0.05) is 18.5 Å². The zero-order valence-electron chi connectivity index (χ0n) is 9.29. The van der Waals surface area contributed by atoms with Gasteiger partial charge in [0.05, 0.1) is 4.34 Å². The maximum atomic E-state index is 5.94. The molecule has 1 aliphatic carbocycles. The number of thiophene rings is 1. The van der Waals surface area contributed by atoms with Crippen LogP contribution in [-0.4, -0.2) is 6.04 Å². The molecule has 3 heteroatoms. The number of nitrogens with one attached hydrogen (secondary N) is 1. The third kappa shape index (κ3) is 2.96. The lowest BCUT2D eigenvalue weighted by molar-refractivity contribution is 0.408. The van der Waals surface area contributed by atoms with Crippen LogP contribution in [0.3, 0.4) is 0 Å². The van der Waals surface area contributed by atoms with E-state index in [9.17, 15) is 0 Å². The van der Waals surface area contributed by atoms with Crippen LogP contribution in [0.2, 0.25) is 4.34 Å². The number of hydrogen-bond acceptors (Lipinski definition) is 2. The van der Waals surface area contributed by atoms with E-state index in [-0.39, 0.29) is 0 Å². The van der Waals surface area contributed by atoms with Gasteiger partial charge in [0.2, 0.25) is 0 Å². The Balaban J connectivity index is 1.92. The van der Waals surface area contributed by atoms with Crippen LogP contribution in [-0.2, 0) is 0 Å². The predicted molar refractivity (Wildman–Crippen MR) is 67.7 cm³/mol. The first kappa shape index (κ1) is 11.4. The Morgan fingerprint density at radius 1 is 1.53 bits per heavy atom. The van der Waals surface area contributed by atoms with Crippen LogP contribution in [0.5, 0.6) is 0 Å². The van der Waals surface area contributed by atoms with E-state index in [0.29, 0.717) is 12.1 Å². The van der Waals surface area contributed by atoms with E-state index in [1.807, 2.05) is 6.07 Å². The highest BCUT2D eigenvalue weighted by Crippen LogP contribution is 2.35. The van der Waals surface area contributed by atoms with Crippen molar-refractivity contribution in [3.8, 4) is 0 Å². The Hall–Kier alpha value is -0.0500. The van der Waals surface area contributed by atoms with Crippen LogP contribution in [0.1, 0.15) is 44.0 Å². The smallest absolute Gasteiger partial charge is 0.0931 e. The van der Waals surface area contributed by atoms with Crippen LogP contribution in [0.4, 0.5) is 0 Å². The molecule has 2 rings (SSSR count). The molecule has 0 saturated heterocycles. The van der Waals surface area contributed by atoms with E-state index in [2.05, 4.69) is 25.2 Å². The van der Waals surface area contributed by atoms with Crippen LogP contribution >= 0.6 is 22.9 Å². The highest BCUT2D eigenvalue weighted by atomic mass is 35.5. The Kier molecular flexibility index (Phi) is 3.70. The van der Waals surface area contributed by atoms with Crippen LogP contribution < -0.4 is 5.32 Å². The first-order chi connectivity index (χ1) is 7.20. The molecule has 2 atom stereocenters. The number of halogens is 1. The van der Waals surface area contributed by atoms with Crippen molar-refractivity contribution in [2.24, 2.45) is 5.92 Å². The third-order valence-corrected chi connectivity index (χ3v) is 4.53. The molecule has 1 N–H and O–H groups in total. The van der Waals surface area contributed by atoms with Crippen molar-refractivity contribution in [2.75, 3.05) is 0 Å². The standard InChI is InChI=1S/C12H18ClNS/c1-3-10(9-4-5-9)14-8(2)11-6-7-12(13)15-11/h6-10,14H,3-5H2,1-2H3. The molecule has 1 saturated carbocycles. The van der Waals surface area contributed by atoms with Gasteiger partial charge < -0.3 is 5.32 Å². The summed E-state index contributed by atoms with van der Waals surface area (Å²) in [5.74, 6) is 0.924. The minimum Gasteiger partial charge on any atom is -0.306 e. The Labute approximate surface area is 101 Å². The molecule has 0 amide bonds. The van der Waals surface area contributed by atoms with Crippen molar-refractivity contribution in [1.29, 1.82) is 0 Å². The normalized spacial score (nSPS) is 20.2. The van der Waals surface area contributed by atoms with Crippen LogP contribution in [0.15, 0.2) is 12.1 Å². The van der Waals surface area contributed by atoms with Crippen molar-refractivity contribution in [3.63, 3.8) is 0 Å². The molecule has 1 heterocycles. The van der Waals surface area contributed by atoms with E-state index >= 15 is 0 Å². The summed E-state index contributed by atoms with van der Waals surface area (Å²) in [6, 6.07) is 5.25. The summed E-state index contributed by atoms with van der Waals surface area (Å²) >= 11 is 7.62. The maximum absolute atomic E-state index is 5.94. The first-order valence-corrected chi connectivity index (χ1v) is 6.91. The fourth-order valence-corrected chi connectivity index (χ4v) is 3.12. The largest absolute Gasteiger partial charge is 0.306 e. The molecule has 0 spiro atoms. The van der Waals surface area contributed by atoms with E-state index in [4.69, 9.17) is 11.6 Å². The molecular formula is C12H18ClNS. The Bertz CT molecular complexity index is 319. The third-order valence-electron chi connectivity index (χ3n) is 3.12. The molecule has 1 nitrogen and oxygen atoms in total. The van der Waals surface area contributed by atoms with E-state index in [1.165, 1.54) is 24.1 Å². The Morgan fingerprint density at radius 2 is 2.27 bits per heavy atom. The average molecular weight is 244 g/mol. The first-order valence-electron chi connectivity index (χ1n) is 5.72. The zero-order chi connectivity index (χ0) is 10.8. The van der Waals surface area contributed by atoms with Crippen molar-refractivity contribution in [1.82, 2.24) is 5.32 Å². The summed E-state index contributed by atoms with van der Waals surface area (Å²) in [4.78, 5) is 1.35. The second kappa shape index (κ2) is 4.86. The lowest BCUT2D eigenvalue weighted by Crippen LogP contribution is -2.32. The molecule has 1 aromatic heterocycles. The summed E-state index contributed by atoms with van der Waals surface area (Å²) < 4.78 is 0.887. The topological polar surface area (TPSA) is 12.0 Å². The van der Waals surface area contributed by atoms with Gasteiger partial charge in [-0.25, -0.2) is 0 Å². The fraction of sp³-hybridized carbons (Fsp3) is 0.667. The number of hydrogen-bond donors (Lipinski definition) is 1. The molecule has 0 aromatic carbocycles. The van der Waals surface area contributed by atoms with Gasteiger partial charge in [-0.05, 0) is 44.2 Å². The fourth-order valence-electron chi connectivity index (χ4n) is 2.05. The van der Waals surface area contributed by atoms with Crippen LogP contribution in [0, 0.1) is 5.92 Å². The quantitative estimate of drug-likeness (QED) is 0.816. The van der Waals surface area contributed by atoms with Crippen molar-refractivity contribution >= 4 is 22.9 Å². The van der Waals surface area contributed by atoms with E-state index < -0.39 is 0 Å². The maximum Gasteiger partial charge on any atom is 0.0931 e. The molecule has 0 aliphatic heterocycles. The summed E-state index contributed by atoms with van der Waals surface area (Å²) in [5.41, 5.74) is 0. The van der Waals surface area contributed by atoms with Gasteiger partial charge in [0.15, 0.2) is 0 Å². The lowest BCUT2D eigenvalue weighted by atomic mass is 10.1. The summed E-state index contributed by atoms with van der Waals surface area (Å²) in [5, 5.41) is 3.71. The van der Waals surface area contributed by atoms with Crippen LogP contribution in [0.25, 0.3) is 0 Å². The molecule has 84 valence electrons. The zero-order valence-corrected chi connectivity index (χ0v) is 10.9. The molecular weight excluding hydrogens is 226 g/mol. The van der Waals surface area contributed by atoms with Gasteiger partial charge in [0.1, 0.15) is 0 Å². The summed E-state index contributed by atoms with van der Waals surface area (Å²) in [6.45, 7) is 4.50. The minimum atomic E-state index is 0.438. The highest BCUT2D eigenvalue weighted by molar-refractivity contribution is 7.16. The van der Waals surface area contributed by atoms with Crippen molar-refractivity contribution in [3.05, 3.63) is 21.3 Å². The second-order valence-electron chi connectivity index (χ2n) is 4.38. The summed E-state index contributed by atoms with van der Waals surface area (Å²) in [6.07, 6.45) is 4.04. The number of rotatable bonds is 5. The second-order valence-corrected chi connectivity index (χ2v) is 6.13. The molecule has 2 unspecified atom stereocenters. The van der Waals surface area contributed by atoms with Crippen molar-refractivity contribution < 1.29 is 0 Å². The van der Waals surface area contributed by atoms with Gasteiger partial charge in [0, 0.05) is 17.0 Å². The van der Waals surface area contributed by atoms with Gasteiger partial charge in [-0.3, -0.25) is 0 Å². The monoisotopic (exact) mass is 243 g/mol. The van der Waals surface area contributed by atoms with Gasteiger partial charge in [0.25, 0.3) is 0 Å². The average Bonchev–Trinajstić information content (AvgIpc) is 2.97. The molecule has 1 aromatic rings. The predicted octanol–water partition coefficient (Wildman–Crippen LogP) is 4.24. The Morgan fingerprint density at radius 3 is 2.73 bits per heavy atom. The van der Waals surface area contributed by atoms with Gasteiger partial charge >= 0.3 is 0 Å². The summed E-state index contributed by atoms with van der Waals surface area (Å²) in [7, 11) is 0. The van der Waals surface area contributed by atoms with Gasteiger partial charge in [-0.2, -0.15) is 0 Å². The molecule has 0 bridgehead atoms.